The van der Waals surface area contributed by atoms with E-state index in [0.29, 0.717) is 12.0 Å². The fourth-order valence-electron chi connectivity index (χ4n) is 9.16. The highest BCUT2D eigenvalue weighted by Crippen LogP contribution is 2.64. The second kappa shape index (κ2) is 13.5. The van der Waals surface area contributed by atoms with E-state index in [0.717, 1.165) is 4.88 Å². The minimum atomic E-state index is -2.16. The number of carbonyl (C=O) groups is 5. The van der Waals surface area contributed by atoms with Gasteiger partial charge in [-0.25, -0.2) is 9.59 Å². The maximum Gasteiger partial charge on any atom is 0.338 e. The fraction of sp³-hybridized carbons (Fsp3) is 0.564. The molecule has 2 saturated carbocycles. The average molecular weight is 739 g/mol. The van der Waals surface area contributed by atoms with Crippen molar-refractivity contribution in [1.82, 2.24) is 0 Å². The molecule has 2 heterocycles. The van der Waals surface area contributed by atoms with Gasteiger partial charge in [0, 0.05) is 41.9 Å². The minimum Gasteiger partial charge on any atom is -0.456 e. The Morgan fingerprint density at radius 1 is 0.981 bits per heavy atom. The third kappa shape index (κ3) is 5.89. The van der Waals surface area contributed by atoms with Crippen LogP contribution in [-0.2, 0) is 42.9 Å². The Kier molecular flexibility index (Phi) is 9.82. The molecule has 13 heteroatoms. The SMILES string of the molecule is CC(=O)O[C@H]1C(=O)[C@]2(C)CC[C@H]3OC[C@@]3(OC(C)=O)[C@H]2[C@H](OC(=O)c2ccccc2)[C@]2(O)CC(OC(=O)[C@H](O)[C@@H](C)c3cccs3)C(C)=C1C2(C)C. The first-order chi connectivity index (χ1) is 24.4. The quantitative estimate of drug-likeness (QED) is 0.222. The topological polar surface area (TPSA) is 172 Å². The Morgan fingerprint density at radius 2 is 1.67 bits per heavy atom. The van der Waals surface area contributed by atoms with Crippen LogP contribution in [0.1, 0.15) is 88.9 Å². The molecule has 6 rings (SSSR count). The molecule has 1 aromatic carbocycles. The number of hydrogen-bond acceptors (Lipinski definition) is 13. The molecule has 3 aliphatic carbocycles. The molecule has 10 atom stereocenters. The zero-order valence-electron chi connectivity index (χ0n) is 30.4. The van der Waals surface area contributed by atoms with Crippen molar-refractivity contribution in [2.45, 2.75) is 115 Å². The van der Waals surface area contributed by atoms with Gasteiger partial charge in [0.25, 0.3) is 0 Å². The van der Waals surface area contributed by atoms with Crippen molar-refractivity contribution < 1.29 is 57.9 Å². The molecule has 3 fully saturated rings. The van der Waals surface area contributed by atoms with Gasteiger partial charge < -0.3 is 33.9 Å². The highest BCUT2D eigenvalue weighted by molar-refractivity contribution is 7.10. The van der Waals surface area contributed by atoms with Crippen molar-refractivity contribution in [2.75, 3.05) is 6.61 Å². The lowest BCUT2D eigenvalue weighted by Crippen LogP contribution is -2.79. The summed E-state index contributed by atoms with van der Waals surface area (Å²) in [6.45, 7) is 10.6. The van der Waals surface area contributed by atoms with Crippen molar-refractivity contribution >= 4 is 41.0 Å². The van der Waals surface area contributed by atoms with Crippen LogP contribution >= 0.6 is 11.3 Å². The van der Waals surface area contributed by atoms with Gasteiger partial charge in [-0.05, 0) is 54.5 Å². The normalized spacial score (nSPS) is 34.6. The van der Waals surface area contributed by atoms with Crippen LogP contribution in [-0.4, -0.2) is 88.2 Å². The number of ether oxygens (including phenoxy) is 5. The molecule has 4 aliphatic rings. The molecule has 2 bridgehead atoms. The number of Topliss-reactive ketones (excluding diaryl/α,β-unsaturated/α-hetero) is 1. The Bertz CT molecular complexity index is 1780. The largest absolute Gasteiger partial charge is 0.456 e. The summed E-state index contributed by atoms with van der Waals surface area (Å²) >= 11 is 1.37. The van der Waals surface area contributed by atoms with Gasteiger partial charge in [0.1, 0.15) is 23.9 Å². The van der Waals surface area contributed by atoms with Crippen molar-refractivity contribution in [3.05, 3.63) is 69.4 Å². The van der Waals surface area contributed by atoms with Crippen LogP contribution in [0.2, 0.25) is 0 Å². The standard InChI is InChI=1S/C39H46O12S/c1-20-25(49-35(45)29(42)21(2)26-14-11-17-52-26)18-39(46)33(50-34(44)24-12-9-8-10-13-24)31-37(7,16-15-27-38(31,19-47-27)51-23(4)41)32(43)30(48-22(3)40)28(20)36(39,5)6/h8-14,17,21,25,27,29-31,33,42,46H,15-16,18-19H2,1-7H3/t21-,25?,27+,29+,30+,31-,33-,37+,38-,39+/m0/s1. The van der Waals surface area contributed by atoms with E-state index in [4.69, 9.17) is 23.7 Å². The second-order valence-electron chi connectivity index (χ2n) is 15.4. The molecule has 2 N–H and O–H groups in total. The second-order valence-corrected chi connectivity index (χ2v) is 16.3. The van der Waals surface area contributed by atoms with Crippen LogP contribution in [0.5, 0.6) is 0 Å². The molecule has 52 heavy (non-hydrogen) atoms. The first-order valence-electron chi connectivity index (χ1n) is 17.5. The summed E-state index contributed by atoms with van der Waals surface area (Å²) in [5.74, 6) is -5.57. The third-order valence-corrected chi connectivity index (χ3v) is 13.1. The Hall–Kier alpha value is -3.91. The van der Waals surface area contributed by atoms with Crippen molar-refractivity contribution in [2.24, 2.45) is 16.7 Å². The zero-order valence-corrected chi connectivity index (χ0v) is 31.2. The molecule has 1 aromatic heterocycles. The van der Waals surface area contributed by atoms with E-state index in [1.807, 2.05) is 5.38 Å². The Labute approximate surface area is 306 Å². The maximum absolute atomic E-state index is 15.2. The van der Waals surface area contributed by atoms with E-state index in [1.54, 1.807) is 77.1 Å². The first kappa shape index (κ1) is 37.8. The monoisotopic (exact) mass is 738 g/mol. The molecule has 0 amide bonds. The number of thiophene rings is 1. The van der Waals surface area contributed by atoms with E-state index >= 15 is 4.79 Å². The van der Waals surface area contributed by atoms with Gasteiger partial charge in [0.2, 0.25) is 0 Å². The van der Waals surface area contributed by atoms with Crippen LogP contribution in [0.3, 0.4) is 0 Å². The van der Waals surface area contributed by atoms with Crippen LogP contribution in [0.25, 0.3) is 0 Å². The number of ketones is 1. The van der Waals surface area contributed by atoms with Gasteiger partial charge in [0.15, 0.2) is 23.6 Å². The number of carbonyl (C=O) groups excluding carboxylic acids is 5. The van der Waals surface area contributed by atoms with Gasteiger partial charge in [-0.3, -0.25) is 14.4 Å². The summed E-state index contributed by atoms with van der Waals surface area (Å²) < 4.78 is 30.3. The summed E-state index contributed by atoms with van der Waals surface area (Å²) in [4.78, 5) is 69.3. The van der Waals surface area contributed by atoms with Crippen LogP contribution in [0.15, 0.2) is 59.0 Å². The summed E-state index contributed by atoms with van der Waals surface area (Å²) in [6.07, 6.45) is -6.54. The Balaban J connectivity index is 1.57. The fourth-order valence-corrected chi connectivity index (χ4v) is 9.97. The first-order valence-corrected chi connectivity index (χ1v) is 18.4. The van der Waals surface area contributed by atoms with Gasteiger partial charge in [0.05, 0.1) is 18.1 Å². The molecule has 12 nitrogen and oxygen atoms in total. The molecular formula is C39H46O12S. The number of aliphatic hydroxyl groups excluding tert-OH is 1. The third-order valence-electron chi connectivity index (χ3n) is 12.0. The lowest BCUT2D eigenvalue weighted by molar-refractivity contribution is -0.332. The summed E-state index contributed by atoms with van der Waals surface area (Å²) in [7, 11) is 0. The number of esters is 4. The number of benzene rings is 1. The van der Waals surface area contributed by atoms with Crippen LogP contribution in [0.4, 0.5) is 0 Å². The zero-order chi connectivity index (χ0) is 38.0. The summed E-state index contributed by atoms with van der Waals surface area (Å²) in [5.41, 5.74) is -5.95. The van der Waals surface area contributed by atoms with E-state index in [2.05, 4.69) is 0 Å². The highest BCUT2D eigenvalue weighted by Gasteiger charge is 2.76. The molecule has 1 aliphatic heterocycles. The van der Waals surface area contributed by atoms with Gasteiger partial charge in [-0.1, -0.05) is 52.0 Å². The Morgan fingerprint density at radius 3 is 2.25 bits per heavy atom. The molecule has 1 unspecified atom stereocenters. The van der Waals surface area contributed by atoms with E-state index in [9.17, 15) is 29.4 Å². The maximum atomic E-state index is 15.2. The smallest absolute Gasteiger partial charge is 0.338 e. The van der Waals surface area contributed by atoms with E-state index in [-0.39, 0.29) is 30.6 Å². The number of hydrogen-bond donors (Lipinski definition) is 2. The molecule has 0 radical (unpaired) electrons. The lowest BCUT2D eigenvalue weighted by Gasteiger charge is -2.66. The van der Waals surface area contributed by atoms with E-state index < -0.39 is 94.0 Å². The summed E-state index contributed by atoms with van der Waals surface area (Å²) in [5, 5.41) is 26.4. The van der Waals surface area contributed by atoms with Crippen LogP contribution < -0.4 is 0 Å². The number of aliphatic hydroxyl groups is 2. The van der Waals surface area contributed by atoms with Gasteiger partial charge in [-0.2, -0.15) is 0 Å². The molecule has 1 saturated heterocycles. The minimum absolute atomic E-state index is 0.147. The molecule has 2 aromatic rings. The molecule has 280 valence electrons. The van der Waals surface area contributed by atoms with Gasteiger partial charge >= 0.3 is 23.9 Å². The van der Waals surface area contributed by atoms with Crippen LogP contribution in [0, 0.1) is 16.7 Å². The van der Waals surface area contributed by atoms with E-state index in [1.165, 1.54) is 25.2 Å². The highest BCUT2D eigenvalue weighted by atomic mass is 32.1. The molecule has 0 spiro atoms. The number of fused-ring (bicyclic) bond motifs is 5. The van der Waals surface area contributed by atoms with Gasteiger partial charge in [-0.15, -0.1) is 11.3 Å². The molecular weight excluding hydrogens is 692 g/mol. The summed E-state index contributed by atoms with van der Waals surface area (Å²) in [6, 6.07) is 11.7. The van der Waals surface area contributed by atoms with Crippen molar-refractivity contribution in [1.29, 1.82) is 0 Å². The number of rotatable bonds is 8. The average Bonchev–Trinajstić information content (AvgIpc) is 3.62. The lowest BCUT2D eigenvalue weighted by atomic mass is 9.45. The predicted octanol–water partition coefficient (Wildman–Crippen LogP) is 4.46. The predicted molar refractivity (Wildman–Crippen MR) is 186 cm³/mol. The van der Waals surface area contributed by atoms with Crippen molar-refractivity contribution in [3.63, 3.8) is 0 Å². The van der Waals surface area contributed by atoms with Crippen molar-refractivity contribution in [3.8, 4) is 0 Å².